The Bertz CT molecular complexity index is 808. The Kier molecular flexibility index (Phi) is 5.93. The van der Waals surface area contributed by atoms with Gasteiger partial charge in [0.25, 0.3) is 0 Å². The Morgan fingerprint density at radius 3 is 2.25 bits per heavy atom. The fourth-order valence-electron chi connectivity index (χ4n) is 1.98. The molecule has 2 rings (SSSR count). The number of rotatable bonds is 6. The average molecular weight is 371 g/mol. The van der Waals surface area contributed by atoms with E-state index < -0.39 is 21.7 Å². The number of sulfonamides is 1. The van der Waals surface area contributed by atoms with Crippen molar-refractivity contribution in [1.82, 2.24) is 4.31 Å². The first-order chi connectivity index (χ1) is 11.2. The molecule has 0 fully saturated rings. The minimum absolute atomic E-state index is 0.0485. The van der Waals surface area contributed by atoms with Gasteiger partial charge >= 0.3 is 0 Å². The number of nitrogens with one attached hydrogen (secondary N) is 1. The van der Waals surface area contributed by atoms with E-state index in [1.54, 1.807) is 24.3 Å². The SMILES string of the molecule is CS(=O)(=O)N(CC(=O)Nc1ccc(F)cc1)Cc1ccc(Cl)cc1. The summed E-state index contributed by atoms with van der Waals surface area (Å²) in [4.78, 5) is 12.1. The minimum Gasteiger partial charge on any atom is -0.325 e. The number of nitrogens with zero attached hydrogens (tertiary/aromatic N) is 1. The third kappa shape index (κ3) is 5.59. The van der Waals surface area contributed by atoms with E-state index in [0.29, 0.717) is 16.3 Å². The van der Waals surface area contributed by atoms with Gasteiger partial charge in [-0.3, -0.25) is 4.79 Å². The number of anilines is 1. The highest BCUT2D eigenvalue weighted by molar-refractivity contribution is 7.88. The van der Waals surface area contributed by atoms with E-state index in [-0.39, 0.29) is 13.1 Å². The summed E-state index contributed by atoms with van der Waals surface area (Å²) in [6.07, 6.45) is 1.04. The van der Waals surface area contributed by atoms with Crippen molar-refractivity contribution in [2.24, 2.45) is 0 Å². The Balaban J connectivity index is 2.06. The highest BCUT2D eigenvalue weighted by Gasteiger charge is 2.20. The molecule has 2 aromatic carbocycles. The third-order valence-corrected chi connectivity index (χ3v) is 4.64. The molecule has 1 amide bonds. The molecule has 2 aromatic rings. The molecule has 0 spiro atoms. The molecule has 1 N–H and O–H groups in total. The van der Waals surface area contributed by atoms with Gasteiger partial charge in [-0.1, -0.05) is 23.7 Å². The van der Waals surface area contributed by atoms with Crippen molar-refractivity contribution in [3.63, 3.8) is 0 Å². The van der Waals surface area contributed by atoms with Gasteiger partial charge in [-0.05, 0) is 42.0 Å². The van der Waals surface area contributed by atoms with E-state index in [2.05, 4.69) is 5.32 Å². The average Bonchev–Trinajstić information content (AvgIpc) is 2.50. The summed E-state index contributed by atoms with van der Waals surface area (Å²) in [6, 6.07) is 11.9. The van der Waals surface area contributed by atoms with Crippen LogP contribution in [0.1, 0.15) is 5.56 Å². The first-order valence-corrected chi connectivity index (χ1v) is 9.21. The Morgan fingerprint density at radius 1 is 1.12 bits per heavy atom. The summed E-state index contributed by atoms with van der Waals surface area (Å²) in [6.45, 7) is -0.300. The first kappa shape index (κ1) is 18.4. The quantitative estimate of drug-likeness (QED) is 0.850. The summed E-state index contributed by atoms with van der Waals surface area (Å²) in [5.41, 5.74) is 1.10. The molecule has 0 atom stereocenters. The molecule has 0 aliphatic rings. The van der Waals surface area contributed by atoms with Crippen LogP contribution in [0.2, 0.25) is 5.02 Å². The number of halogens is 2. The van der Waals surface area contributed by atoms with Crippen molar-refractivity contribution in [2.45, 2.75) is 6.54 Å². The van der Waals surface area contributed by atoms with Gasteiger partial charge in [-0.25, -0.2) is 12.8 Å². The van der Waals surface area contributed by atoms with Crippen LogP contribution in [0.4, 0.5) is 10.1 Å². The fourth-order valence-corrected chi connectivity index (χ4v) is 2.84. The predicted octanol–water partition coefficient (Wildman–Crippen LogP) is 2.88. The van der Waals surface area contributed by atoms with Gasteiger partial charge in [0.2, 0.25) is 15.9 Å². The lowest BCUT2D eigenvalue weighted by Crippen LogP contribution is -2.36. The minimum atomic E-state index is -3.59. The van der Waals surface area contributed by atoms with Crippen molar-refractivity contribution in [3.05, 3.63) is 64.9 Å². The van der Waals surface area contributed by atoms with Crippen LogP contribution in [0.25, 0.3) is 0 Å². The van der Waals surface area contributed by atoms with Crippen LogP contribution >= 0.6 is 11.6 Å². The molecule has 0 aliphatic carbocycles. The summed E-state index contributed by atoms with van der Waals surface area (Å²) >= 11 is 5.80. The summed E-state index contributed by atoms with van der Waals surface area (Å²) in [5.74, 6) is -0.936. The van der Waals surface area contributed by atoms with Crippen molar-refractivity contribution in [1.29, 1.82) is 0 Å². The van der Waals surface area contributed by atoms with Gasteiger partial charge in [0.15, 0.2) is 0 Å². The van der Waals surface area contributed by atoms with E-state index in [1.807, 2.05) is 0 Å². The molecular formula is C16H16ClFN2O3S. The predicted molar refractivity (Wildman–Crippen MR) is 91.7 cm³/mol. The number of benzene rings is 2. The molecule has 0 heterocycles. The van der Waals surface area contributed by atoms with Crippen molar-refractivity contribution in [3.8, 4) is 0 Å². The number of hydrogen-bond donors (Lipinski definition) is 1. The second-order valence-electron chi connectivity index (χ2n) is 5.21. The molecule has 0 saturated carbocycles. The number of hydrogen-bond acceptors (Lipinski definition) is 3. The molecule has 5 nitrogen and oxygen atoms in total. The summed E-state index contributed by atoms with van der Waals surface area (Å²) < 4.78 is 37.7. The molecule has 8 heteroatoms. The largest absolute Gasteiger partial charge is 0.325 e. The standard InChI is InChI=1S/C16H16ClFN2O3S/c1-24(22,23)20(10-12-2-4-13(17)5-3-12)11-16(21)19-15-8-6-14(18)7-9-15/h2-9H,10-11H2,1H3,(H,19,21). The van der Waals surface area contributed by atoms with Gasteiger partial charge in [0.1, 0.15) is 5.82 Å². The summed E-state index contributed by atoms with van der Waals surface area (Å²) in [7, 11) is -3.59. The van der Waals surface area contributed by atoms with E-state index in [0.717, 1.165) is 10.6 Å². The monoisotopic (exact) mass is 370 g/mol. The lowest BCUT2D eigenvalue weighted by molar-refractivity contribution is -0.116. The second kappa shape index (κ2) is 7.74. The lowest BCUT2D eigenvalue weighted by Gasteiger charge is -2.19. The molecule has 0 bridgehead atoms. The number of carbonyl (C=O) groups is 1. The van der Waals surface area contributed by atoms with Crippen LogP contribution in [0, 0.1) is 5.82 Å². The maximum absolute atomic E-state index is 12.9. The highest BCUT2D eigenvalue weighted by Crippen LogP contribution is 2.14. The van der Waals surface area contributed by atoms with E-state index >= 15 is 0 Å². The zero-order valence-electron chi connectivity index (χ0n) is 12.9. The van der Waals surface area contributed by atoms with Crippen LogP contribution in [0.3, 0.4) is 0 Å². The molecular weight excluding hydrogens is 355 g/mol. The van der Waals surface area contributed by atoms with Gasteiger partial charge in [0, 0.05) is 17.3 Å². The van der Waals surface area contributed by atoms with Crippen molar-refractivity contribution in [2.75, 3.05) is 18.1 Å². The van der Waals surface area contributed by atoms with Crippen LogP contribution in [-0.4, -0.2) is 31.4 Å². The van der Waals surface area contributed by atoms with E-state index in [9.17, 15) is 17.6 Å². The third-order valence-electron chi connectivity index (χ3n) is 3.19. The van der Waals surface area contributed by atoms with Crippen LogP contribution in [0.5, 0.6) is 0 Å². The van der Waals surface area contributed by atoms with Gasteiger partial charge in [-0.2, -0.15) is 4.31 Å². The zero-order valence-corrected chi connectivity index (χ0v) is 14.4. The number of amides is 1. The van der Waals surface area contributed by atoms with Gasteiger partial charge in [0.05, 0.1) is 12.8 Å². The zero-order chi connectivity index (χ0) is 17.7. The molecule has 128 valence electrons. The first-order valence-electron chi connectivity index (χ1n) is 6.99. The smallest absolute Gasteiger partial charge is 0.239 e. The molecule has 0 unspecified atom stereocenters. The molecule has 24 heavy (non-hydrogen) atoms. The van der Waals surface area contributed by atoms with Gasteiger partial charge < -0.3 is 5.32 Å². The molecule has 0 saturated heterocycles. The lowest BCUT2D eigenvalue weighted by atomic mass is 10.2. The normalized spacial score (nSPS) is 11.5. The highest BCUT2D eigenvalue weighted by atomic mass is 35.5. The van der Waals surface area contributed by atoms with Crippen molar-refractivity contribution >= 4 is 33.2 Å². The Labute approximate surface area is 145 Å². The van der Waals surface area contributed by atoms with E-state index in [4.69, 9.17) is 11.6 Å². The maximum atomic E-state index is 12.9. The van der Waals surface area contributed by atoms with Crippen molar-refractivity contribution < 1.29 is 17.6 Å². The van der Waals surface area contributed by atoms with Crippen LogP contribution in [-0.2, 0) is 21.4 Å². The molecule has 0 radical (unpaired) electrons. The van der Waals surface area contributed by atoms with Crippen LogP contribution < -0.4 is 5.32 Å². The van der Waals surface area contributed by atoms with E-state index in [1.165, 1.54) is 24.3 Å². The van der Waals surface area contributed by atoms with Gasteiger partial charge in [-0.15, -0.1) is 0 Å². The fraction of sp³-hybridized carbons (Fsp3) is 0.188. The Morgan fingerprint density at radius 2 is 1.71 bits per heavy atom. The summed E-state index contributed by atoms with van der Waals surface area (Å²) in [5, 5.41) is 3.07. The topological polar surface area (TPSA) is 66.5 Å². The molecule has 0 aromatic heterocycles. The second-order valence-corrected chi connectivity index (χ2v) is 7.63. The maximum Gasteiger partial charge on any atom is 0.239 e. The van der Waals surface area contributed by atoms with Crippen LogP contribution in [0.15, 0.2) is 48.5 Å². The number of carbonyl (C=O) groups excluding carboxylic acids is 1. The Hall–Kier alpha value is -1.96. The molecule has 0 aliphatic heterocycles.